The second-order valence-corrected chi connectivity index (χ2v) is 12.8. The molecule has 20 heteroatoms. The number of nitrogens with zero attached hydrogens (tertiary/aromatic N) is 8. The highest BCUT2D eigenvalue weighted by molar-refractivity contribution is 9.10. The fourth-order valence-electron chi connectivity index (χ4n) is 4.37. The lowest BCUT2D eigenvalue weighted by atomic mass is 9.98. The number of thioether (sulfide) groups is 2. The van der Waals surface area contributed by atoms with Gasteiger partial charge in [-0.2, -0.15) is 0 Å². The molecule has 0 saturated carbocycles. The molecule has 240 valence electrons. The van der Waals surface area contributed by atoms with Gasteiger partial charge >= 0.3 is 0 Å². The number of azide groups is 2. The van der Waals surface area contributed by atoms with Gasteiger partial charge in [0.05, 0.1) is 42.5 Å². The zero-order valence-electron chi connectivity index (χ0n) is 23.2. The van der Waals surface area contributed by atoms with Crippen LogP contribution in [0.1, 0.15) is 0 Å². The molecular weight excluding hydrogens is 708 g/mol. The number of aliphatic hydroxyl groups excluding tert-OH is 4. The lowest BCUT2D eigenvalue weighted by molar-refractivity contribution is -0.167. The van der Waals surface area contributed by atoms with E-state index < -0.39 is 66.2 Å². The molecule has 0 radical (unpaired) electrons. The molecule has 44 heavy (non-hydrogen) atoms. The summed E-state index contributed by atoms with van der Waals surface area (Å²) in [6.45, 7) is -0.789. The van der Waals surface area contributed by atoms with Gasteiger partial charge in [-0.1, -0.05) is 45.4 Å². The van der Waals surface area contributed by atoms with Crippen molar-refractivity contribution in [3.8, 4) is 0 Å². The maximum absolute atomic E-state index is 10.1. The summed E-state index contributed by atoms with van der Waals surface area (Å²) in [5, 5.41) is 46.6. The standard InChI is InChI=1S/C12H15BrN4O4S.C12H15ClN4O4S/c2*1-20-11-9(16-17-14)10(19)8(5-18)21-12(11)22-7-2-6(13)3-15-4-7/h2*2-4,8-12,18-19H,5H2,1H3/t2*8?,9-,10-,11?,12+/m00/s1. The monoisotopic (exact) mass is 736 g/mol. The summed E-state index contributed by atoms with van der Waals surface area (Å²) in [4.78, 5) is 15.1. The van der Waals surface area contributed by atoms with E-state index in [1.54, 1.807) is 24.7 Å². The zero-order chi connectivity index (χ0) is 32.2. The van der Waals surface area contributed by atoms with Crippen molar-refractivity contribution in [1.82, 2.24) is 9.97 Å². The first-order chi connectivity index (χ1) is 21.2. The van der Waals surface area contributed by atoms with E-state index in [1.807, 2.05) is 6.07 Å². The molecule has 0 bridgehead atoms. The van der Waals surface area contributed by atoms with Gasteiger partial charge in [-0.15, -0.1) is 0 Å². The lowest BCUT2D eigenvalue weighted by Crippen LogP contribution is -2.57. The van der Waals surface area contributed by atoms with Crippen molar-refractivity contribution < 1.29 is 39.4 Å². The van der Waals surface area contributed by atoms with Crippen LogP contribution in [0.2, 0.25) is 5.02 Å². The van der Waals surface area contributed by atoms with Gasteiger partial charge in [0.15, 0.2) is 0 Å². The van der Waals surface area contributed by atoms with E-state index in [9.17, 15) is 20.4 Å². The number of aliphatic hydroxyl groups is 4. The summed E-state index contributed by atoms with van der Waals surface area (Å²) in [5.41, 5.74) is 16.2. The van der Waals surface area contributed by atoms with Crippen LogP contribution in [0.25, 0.3) is 20.9 Å². The maximum atomic E-state index is 10.1. The molecule has 4 rings (SSSR count). The quantitative estimate of drug-likeness (QED) is 0.156. The average Bonchev–Trinajstić information content (AvgIpc) is 3.01. The van der Waals surface area contributed by atoms with Gasteiger partial charge in [0.25, 0.3) is 0 Å². The van der Waals surface area contributed by atoms with Crippen LogP contribution in [0, 0.1) is 0 Å². The highest BCUT2D eigenvalue weighted by Gasteiger charge is 2.46. The normalized spacial score (nSPS) is 31.5. The average molecular weight is 738 g/mol. The fourth-order valence-corrected chi connectivity index (χ4v) is 7.51. The van der Waals surface area contributed by atoms with E-state index in [4.69, 9.17) is 41.6 Å². The first kappa shape index (κ1) is 36.5. The van der Waals surface area contributed by atoms with Gasteiger partial charge in [-0.05, 0) is 39.1 Å². The minimum absolute atomic E-state index is 0.386. The number of halogens is 2. The minimum Gasteiger partial charge on any atom is -0.394 e. The smallest absolute Gasteiger partial charge is 0.134 e. The Morgan fingerprint density at radius 3 is 1.70 bits per heavy atom. The van der Waals surface area contributed by atoms with E-state index in [0.29, 0.717) is 5.02 Å². The summed E-state index contributed by atoms with van der Waals surface area (Å²) in [7, 11) is 2.89. The Balaban J connectivity index is 0.000000240. The molecule has 4 unspecified atom stereocenters. The molecular formula is C24H30BrClN8O8S2. The Labute approximate surface area is 273 Å². The third kappa shape index (κ3) is 9.54. The highest BCUT2D eigenvalue weighted by atomic mass is 79.9. The molecule has 0 spiro atoms. The lowest BCUT2D eigenvalue weighted by Gasteiger charge is -2.41. The predicted molar refractivity (Wildman–Crippen MR) is 164 cm³/mol. The first-order valence-electron chi connectivity index (χ1n) is 12.8. The van der Waals surface area contributed by atoms with E-state index >= 15 is 0 Å². The molecule has 2 saturated heterocycles. The van der Waals surface area contributed by atoms with Crippen LogP contribution in [-0.4, -0.2) is 117 Å². The van der Waals surface area contributed by atoms with E-state index in [2.05, 4.69) is 45.9 Å². The van der Waals surface area contributed by atoms with Gasteiger partial charge in [0, 0.05) is 63.1 Å². The largest absolute Gasteiger partial charge is 0.394 e. The third-order valence-corrected chi connectivity index (χ3v) is 9.28. The van der Waals surface area contributed by atoms with Gasteiger partial charge in [0.2, 0.25) is 0 Å². The summed E-state index contributed by atoms with van der Waals surface area (Å²) < 4.78 is 22.8. The van der Waals surface area contributed by atoms with Gasteiger partial charge in [0.1, 0.15) is 35.3 Å². The van der Waals surface area contributed by atoms with Crippen molar-refractivity contribution >= 4 is 51.1 Å². The van der Waals surface area contributed by atoms with Gasteiger partial charge < -0.3 is 39.4 Å². The second kappa shape index (κ2) is 18.3. The topological polar surface area (TPSA) is 241 Å². The summed E-state index contributed by atoms with van der Waals surface area (Å²) >= 11 is 11.8. The predicted octanol–water partition coefficient (Wildman–Crippen LogP) is 3.31. The maximum Gasteiger partial charge on any atom is 0.134 e. The molecule has 0 aliphatic carbocycles. The molecule has 16 nitrogen and oxygen atoms in total. The summed E-state index contributed by atoms with van der Waals surface area (Å²) in [5.74, 6) is 0. The van der Waals surface area contributed by atoms with Crippen LogP contribution >= 0.6 is 51.1 Å². The molecule has 4 heterocycles. The first-order valence-corrected chi connectivity index (χ1v) is 15.7. The third-order valence-electron chi connectivity index (χ3n) is 6.43. The number of rotatable bonds is 10. The Bertz CT molecular complexity index is 1220. The molecule has 0 amide bonds. The van der Waals surface area contributed by atoms with Crippen LogP contribution in [0.3, 0.4) is 0 Å². The van der Waals surface area contributed by atoms with Crippen molar-refractivity contribution in [2.45, 2.75) is 69.4 Å². The SMILES string of the molecule is COC1[C@@H](Sc2cncc(Br)c2)OC(CO)[C@H](O)[C@@H]1N=[N+]=[N-].COC1[C@@H](Sc2cncc(Cl)c2)OC(CO)[C@H](O)[C@@H]1N=[N+]=[N-]. The van der Waals surface area contributed by atoms with Crippen molar-refractivity contribution in [1.29, 1.82) is 0 Å². The van der Waals surface area contributed by atoms with Crippen molar-refractivity contribution in [2.24, 2.45) is 10.2 Å². The minimum atomic E-state index is -1.15. The number of pyridine rings is 2. The second-order valence-electron chi connectivity index (χ2n) is 9.14. The van der Waals surface area contributed by atoms with Crippen molar-refractivity contribution in [3.05, 3.63) is 67.3 Å². The van der Waals surface area contributed by atoms with Crippen LogP contribution < -0.4 is 0 Å². The molecule has 0 aromatic carbocycles. The summed E-state index contributed by atoms with van der Waals surface area (Å²) in [6, 6.07) is 1.84. The molecule has 2 aromatic heterocycles. The van der Waals surface area contributed by atoms with Crippen LogP contribution in [0.4, 0.5) is 0 Å². The van der Waals surface area contributed by atoms with Crippen LogP contribution in [-0.2, 0) is 18.9 Å². The van der Waals surface area contributed by atoms with Crippen LogP contribution in [0.15, 0.2) is 61.4 Å². The molecule has 10 atom stereocenters. The molecule has 4 N–H and O–H groups in total. The number of aromatic nitrogens is 2. The fraction of sp³-hybridized carbons (Fsp3) is 0.583. The van der Waals surface area contributed by atoms with Crippen molar-refractivity contribution in [2.75, 3.05) is 27.4 Å². The van der Waals surface area contributed by atoms with Crippen molar-refractivity contribution in [3.63, 3.8) is 0 Å². The highest BCUT2D eigenvalue weighted by Crippen LogP contribution is 2.37. The van der Waals surface area contributed by atoms with Gasteiger partial charge in [-0.25, -0.2) is 0 Å². The van der Waals surface area contributed by atoms with E-state index in [1.165, 1.54) is 43.9 Å². The Kier molecular flexibility index (Phi) is 15.2. The Morgan fingerprint density at radius 2 is 1.32 bits per heavy atom. The van der Waals surface area contributed by atoms with E-state index in [0.717, 1.165) is 14.3 Å². The molecule has 2 fully saturated rings. The molecule has 2 aromatic rings. The Morgan fingerprint density at radius 1 is 0.864 bits per heavy atom. The Hall–Kier alpha value is -1.93. The number of hydrogen-bond donors (Lipinski definition) is 4. The van der Waals surface area contributed by atoms with Crippen LogP contribution in [0.5, 0.6) is 0 Å². The number of hydrogen-bond acceptors (Lipinski definition) is 14. The molecule has 2 aliphatic rings. The number of ether oxygens (including phenoxy) is 4. The van der Waals surface area contributed by atoms with E-state index in [-0.39, 0.29) is 6.61 Å². The molecule has 2 aliphatic heterocycles. The van der Waals surface area contributed by atoms with Gasteiger partial charge in [-0.3, -0.25) is 9.97 Å². The zero-order valence-corrected chi connectivity index (χ0v) is 27.2. The summed E-state index contributed by atoms with van der Waals surface area (Å²) in [6.07, 6.45) is 1.08. The number of methoxy groups -OCH3 is 2.